The number of aliphatic hydroxyl groups is 1. The van der Waals surface area contributed by atoms with Crippen LogP contribution in [-0.4, -0.2) is 67.6 Å². The molecule has 2 bridgehead atoms. The van der Waals surface area contributed by atoms with Crippen molar-refractivity contribution in [2.75, 3.05) is 39.3 Å². The topological polar surface area (TPSA) is 77.8 Å². The van der Waals surface area contributed by atoms with Crippen molar-refractivity contribution in [1.29, 1.82) is 5.26 Å². The molecular weight excluding hydrogens is 282 g/mol. The number of nitriles is 1. The Bertz CT molecular complexity index is 516. The lowest BCUT2D eigenvalue weighted by atomic mass is 10.1. The lowest BCUT2D eigenvalue weighted by molar-refractivity contribution is -0.110. The lowest BCUT2D eigenvalue weighted by Gasteiger charge is -2.42. The Labute approximate surface area is 130 Å². The van der Waals surface area contributed by atoms with Gasteiger partial charge in [-0.15, -0.1) is 0 Å². The summed E-state index contributed by atoms with van der Waals surface area (Å²) in [6, 6.07) is 8.97. The Morgan fingerprint density at radius 1 is 1.32 bits per heavy atom. The molecule has 0 radical (unpaired) electrons. The molecule has 3 atom stereocenters. The van der Waals surface area contributed by atoms with Gasteiger partial charge in [-0.25, -0.2) is 0 Å². The summed E-state index contributed by atoms with van der Waals surface area (Å²) in [4.78, 5) is 2.24. The molecule has 118 valence electrons. The highest BCUT2D eigenvalue weighted by atomic mass is 16.5. The third kappa shape index (κ3) is 3.96. The molecule has 3 rings (SSSR count). The maximum Gasteiger partial charge on any atom is 0.119 e. The minimum absolute atomic E-state index is 0.221. The average Bonchev–Trinajstić information content (AvgIpc) is 2.53. The van der Waals surface area contributed by atoms with Gasteiger partial charge in [0.1, 0.15) is 18.5 Å². The van der Waals surface area contributed by atoms with E-state index in [-0.39, 0.29) is 18.8 Å². The molecule has 1 aromatic carbocycles. The predicted octanol–water partition coefficient (Wildman–Crippen LogP) is -0.0294. The van der Waals surface area contributed by atoms with Crippen LogP contribution in [-0.2, 0) is 4.74 Å². The largest absolute Gasteiger partial charge is 0.491 e. The molecule has 0 aromatic heterocycles. The van der Waals surface area contributed by atoms with Gasteiger partial charge in [0, 0.05) is 32.7 Å². The molecule has 2 fully saturated rings. The third-order valence-electron chi connectivity index (χ3n) is 3.95. The van der Waals surface area contributed by atoms with Crippen molar-refractivity contribution in [3.05, 3.63) is 29.8 Å². The van der Waals surface area contributed by atoms with E-state index in [9.17, 15) is 5.11 Å². The van der Waals surface area contributed by atoms with Gasteiger partial charge in [0.2, 0.25) is 0 Å². The van der Waals surface area contributed by atoms with E-state index in [0.29, 0.717) is 17.9 Å². The van der Waals surface area contributed by atoms with E-state index in [4.69, 9.17) is 14.7 Å². The summed E-state index contributed by atoms with van der Waals surface area (Å²) >= 11 is 0. The van der Waals surface area contributed by atoms with E-state index in [1.807, 2.05) is 0 Å². The zero-order valence-electron chi connectivity index (χ0n) is 12.4. The summed E-state index contributed by atoms with van der Waals surface area (Å²) in [6.45, 7) is 4.29. The van der Waals surface area contributed by atoms with Gasteiger partial charge < -0.3 is 19.9 Å². The molecule has 1 aromatic rings. The molecule has 6 heteroatoms. The van der Waals surface area contributed by atoms with Crippen LogP contribution in [0, 0.1) is 11.3 Å². The maximum atomic E-state index is 10.2. The average molecular weight is 303 g/mol. The molecule has 0 saturated carbocycles. The minimum atomic E-state index is -0.539. The summed E-state index contributed by atoms with van der Waals surface area (Å²) in [6.07, 6.45) is -0.0966. The fourth-order valence-electron chi connectivity index (χ4n) is 2.96. The van der Waals surface area contributed by atoms with Crippen LogP contribution in [0.1, 0.15) is 5.56 Å². The minimum Gasteiger partial charge on any atom is -0.491 e. The van der Waals surface area contributed by atoms with E-state index in [2.05, 4.69) is 16.3 Å². The van der Waals surface area contributed by atoms with Gasteiger partial charge in [-0.2, -0.15) is 5.26 Å². The second kappa shape index (κ2) is 7.07. The fourth-order valence-corrected chi connectivity index (χ4v) is 2.96. The first-order valence-corrected chi connectivity index (χ1v) is 7.62. The predicted molar refractivity (Wildman–Crippen MR) is 80.6 cm³/mol. The number of rotatable bonds is 5. The Hall–Kier alpha value is -1.65. The molecule has 0 spiro atoms. The molecule has 2 aliphatic rings. The molecule has 2 saturated heterocycles. The van der Waals surface area contributed by atoms with Crippen molar-refractivity contribution in [2.45, 2.75) is 18.3 Å². The van der Waals surface area contributed by atoms with Crippen LogP contribution in [0.3, 0.4) is 0 Å². The van der Waals surface area contributed by atoms with E-state index in [0.717, 1.165) is 26.2 Å². The van der Waals surface area contributed by atoms with Crippen molar-refractivity contribution in [1.82, 2.24) is 10.2 Å². The number of nitrogens with zero attached hydrogens (tertiary/aromatic N) is 2. The lowest BCUT2D eigenvalue weighted by Crippen LogP contribution is -2.59. The fraction of sp³-hybridized carbons (Fsp3) is 0.562. The van der Waals surface area contributed by atoms with E-state index >= 15 is 0 Å². The Balaban J connectivity index is 1.44. The number of hydrogen-bond donors (Lipinski definition) is 2. The summed E-state index contributed by atoms with van der Waals surface area (Å²) in [5.74, 6) is 0.668. The highest BCUT2D eigenvalue weighted by Crippen LogP contribution is 2.15. The quantitative estimate of drug-likeness (QED) is 0.795. The van der Waals surface area contributed by atoms with Crippen LogP contribution in [0.25, 0.3) is 0 Å². The monoisotopic (exact) mass is 303 g/mol. The first kappa shape index (κ1) is 15.3. The maximum absolute atomic E-state index is 10.2. The van der Waals surface area contributed by atoms with Crippen LogP contribution in [0.5, 0.6) is 5.75 Å². The van der Waals surface area contributed by atoms with Crippen LogP contribution in [0.15, 0.2) is 24.3 Å². The highest BCUT2D eigenvalue weighted by Gasteiger charge is 2.31. The smallest absolute Gasteiger partial charge is 0.119 e. The van der Waals surface area contributed by atoms with Gasteiger partial charge in [0.05, 0.1) is 23.8 Å². The zero-order chi connectivity index (χ0) is 15.4. The van der Waals surface area contributed by atoms with Gasteiger partial charge in [0.25, 0.3) is 0 Å². The van der Waals surface area contributed by atoms with Crippen LogP contribution in [0.2, 0.25) is 0 Å². The number of hydrogen-bond acceptors (Lipinski definition) is 6. The van der Waals surface area contributed by atoms with E-state index in [1.165, 1.54) is 0 Å². The molecule has 0 amide bonds. The number of nitrogens with one attached hydrogen (secondary N) is 1. The van der Waals surface area contributed by atoms with Crippen LogP contribution >= 0.6 is 0 Å². The number of ether oxygens (including phenoxy) is 2. The van der Waals surface area contributed by atoms with Gasteiger partial charge in [-0.3, -0.25) is 4.90 Å². The SMILES string of the molecule is N#Cc1ccc(OCC(O)CN2CC3CNCC(C2)O3)cc1. The molecule has 2 N–H and O–H groups in total. The summed E-state index contributed by atoms with van der Waals surface area (Å²) in [7, 11) is 0. The molecule has 3 unspecified atom stereocenters. The molecular formula is C16H21N3O3. The summed E-state index contributed by atoms with van der Waals surface area (Å²) in [5.41, 5.74) is 0.598. The van der Waals surface area contributed by atoms with Crippen molar-refractivity contribution >= 4 is 0 Å². The summed E-state index contributed by atoms with van der Waals surface area (Å²) < 4.78 is 11.4. The normalized spacial score (nSPS) is 26.2. The molecule has 2 heterocycles. The van der Waals surface area contributed by atoms with Gasteiger partial charge in [0.15, 0.2) is 0 Å². The number of β-amino-alcohol motifs (C(OH)–C–C–N with tert-alkyl or cyclic N) is 1. The van der Waals surface area contributed by atoms with Crippen LogP contribution < -0.4 is 10.1 Å². The second-order valence-electron chi connectivity index (χ2n) is 5.86. The molecule has 22 heavy (non-hydrogen) atoms. The first-order chi connectivity index (χ1) is 10.7. The molecule has 0 aliphatic carbocycles. The number of aliphatic hydroxyl groups excluding tert-OH is 1. The van der Waals surface area contributed by atoms with Crippen molar-refractivity contribution in [3.63, 3.8) is 0 Å². The van der Waals surface area contributed by atoms with E-state index < -0.39 is 6.10 Å². The number of fused-ring (bicyclic) bond motifs is 2. The third-order valence-corrected chi connectivity index (χ3v) is 3.95. The standard InChI is InChI=1S/C16H21N3O3/c17-5-12-1-3-14(4-2-12)21-11-13(20)8-19-9-15-6-18-7-16(10-19)22-15/h1-4,13,15-16,18,20H,6-11H2. The zero-order valence-corrected chi connectivity index (χ0v) is 12.4. The second-order valence-corrected chi connectivity index (χ2v) is 5.86. The Kier molecular flexibility index (Phi) is 4.90. The van der Waals surface area contributed by atoms with E-state index in [1.54, 1.807) is 24.3 Å². The van der Waals surface area contributed by atoms with Crippen molar-refractivity contribution in [3.8, 4) is 11.8 Å². The van der Waals surface area contributed by atoms with Gasteiger partial charge >= 0.3 is 0 Å². The molecule has 2 aliphatic heterocycles. The summed E-state index contributed by atoms with van der Waals surface area (Å²) in [5, 5.41) is 22.3. The first-order valence-electron chi connectivity index (χ1n) is 7.62. The van der Waals surface area contributed by atoms with Gasteiger partial charge in [-0.05, 0) is 24.3 Å². The number of morpholine rings is 2. The van der Waals surface area contributed by atoms with Crippen LogP contribution in [0.4, 0.5) is 0 Å². The van der Waals surface area contributed by atoms with Crippen molar-refractivity contribution < 1.29 is 14.6 Å². The van der Waals surface area contributed by atoms with Gasteiger partial charge in [-0.1, -0.05) is 0 Å². The molecule has 6 nitrogen and oxygen atoms in total. The highest BCUT2D eigenvalue weighted by molar-refractivity contribution is 5.34. The van der Waals surface area contributed by atoms with Crippen molar-refractivity contribution in [2.24, 2.45) is 0 Å². The Morgan fingerprint density at radius 3 is 2.64 bits per heavy atom. The Morgan fingerprint density at radius 2 is 2.00 bits per heavy atom. The number of benzene rings is 1.